The van der Waals surface area contributed by atoms with Crippen LogP contribution in [0.15, 0.2) is 47.8 Å². The molecule has 1 fully saturated rings. The standard InChI is InChI=1S/C23H30O8/c1-2-3-4-9-20(25)30-19-8-6-5-7-17(19)15-10-12-16(13-11-15)31-23(28)22(27)21(26)18(24)14-29-23/h10-14,17,19,24,26-28H,2-9H2,1H3. The lowest BCUT2D eigenvalue weighted by Crippen LogP contribution is -2.42. The van der Waals surface area contributed by atoms with Crippen LogP contribution in [0.25, 0.3) is 0 Å². The van der Waals surface area contributed by atoms with E-state index in [9.17, 15) is 25.2 Å². The van der Waals surface area contributed by atoms with Crippen molar-refractivity contribution in [3.05, 3.63) is 53.4 Å². The van der Waals surface area contributed by atoms with E-state index in [1.807, 2.05) is 12.1 Å². The van der Waals surface area contributed by atoms with Gasteiger partial charge in [-0.2, -0.15) is 0 Å². The van der Waals surface area contributed by atoms with E-state index in [2.05, 4.69) is 6.92 Å². The van der Waals surface area contributed by atoms with Gasteiger partial charge in [0.05, 0.1) is 0 Å². The zero-order valence-electron chi connectivity index (χ0n) is 17.6. The fraction of sp³-hybridized carbons (Fsp3) is 0.522. The smallest absolute Gasteiger partial charge is 0.436 e. The number of carbonyl (C=O) groups excluding carboxylic acids is 1. The van der Waals surface area contributed by atoms with Gasteiger partial charge >= 0.3 is 11.9 Å². The van der Waals surface area contributed by atoms with Crippen LogP contribution < -0.4 is 4.74 Å². The Kier molecular flexibility index (Phi) is 7.33. The molecule has 4 N–H and O–H groups in total. The van der Waals surface area contributed by atoms with Crippen LogP contribution in [-0.2, 0) is 14.3 Å². The lowest BCUT2D eigenvalue weighted by Gasteiger charge is -2.32. The average molecular weight is 434 g/mol. The monoisotopic (exact) mass is 434 g/mol. The number of hydrogen-bond donors (Lipinski definition) is 4. The molecule has 3 atom stereocenters. The highest BCUT2D eigenvalue weighted by Gasteiger charge is 2.44. The first kappa shape index (κ1) is 22.8. The van der Waals surface area contributed by atoms with E-state index in [1.165, 1.54) is 0 Å². The van der Waals surface area contributed by atoms with Gasteiger partial charge in [-0.05, 0) is 43.4 Å². The van der Waals surface area contributed by atoms with Gasteiger partial charge in [-0.15, -0.1) is 0 Å². The van der Waals surface area contributed by atoms with Crippen molar-refractivity contribution in [2.75, 3.05) is 0 Å². The molecule has 1 heterocycles. The normalized spacial score (nSPS) is 26.1. The van der Waals surface area contributed by atoms with E-state index in [-0.39, 0.29) is 23.7 Å². The number of carbonyl (C=O) groups is 1. The largest absolute Gasteiger partial charge is 0.502 e. The van der Waals surface area contributed by atoms with E-state index in [0.717, 1.165) is 50.5 Å². The zero-order chi connectivity index (χ0) is 22.4. The molecule has 8 heteroatoms. The fourth-order valence-electron chi connectivity index (χ4n) is 3.90. The number of aliphatic hydroxyl groups is 4. The number of esters is 1. The minimum atomic E-state index is -2.65. The van der Waals surface area contributed by atoms with Crippen LogP contribution in [0, 0.1) is 0 Å². The second-order valence-electron chi connectivity index (χ2n) is 7.95. The van der Waals surface area contributed by atoms with E-state index >= 15 is 0 Å². The molecule has 2 aliphatic rings. The Labute approximate surface area is 181 Å². The number of rotatable bonds is 8. The summed E-state index contributed by atoms with van der Waals surface area (Å²) in [6.07, 6.45) is 7.65. The van der Waals surface area contributed by atoms with E-state index in [0.29, 0.717) is 12.7 Å². The molecule has 170 valence electrons. The third kappa shape index (κ3) is 5.44. The Morgan fingerprint density at radius 3 is 2.55 bits per heavy atom. The van der Waals surface area contributed by atoms with Gasteiger partial charge in [-0.1, -0.05) is 38.3 Å². The summed E-state index contributed by atoms with van der Waals surface area (Å²) >= 11 is 0. The molecule has 8 nitrogen and oxygen atoms in total. The van der Waals surface area contributed by atoms with E-state index in [4.69, 9.17) is 14.2 Å². The van der Waals surface area contributed by atoms with Gasteiger partial charge in [0.2, 0.25) is 5.76 Å². The maximum atomic E-state index is 12.2. The predicted molar refractivity (Wildman–Crippen MR) is 111 cm³/mol. The quantitative estimate of drug-likeness (QED) is 0.265. The summed E-state index contributed by atoms with van der Waals surface area (Å²) in [4.78, 5) is 12.2. The van der Waals surface area contributed by atoms with Crippen molar-refractivity contribution in [1.82, 2.24) is 0 Å². The fourth-order valence-corrected chi connectivity index (χ4v) is 3.90. The molecule has 1 aromatic carbocycles. The van der Waals surface area contributed by atoms with Crippen molar-refractivity contribution >= 4 is 5.97 Å². The Hall–Kier alpha value is -2.87. The molecule has 0 spiro atoms. The first-order valence-corrected chi connectivity index (χ1v) is 10.7. The van der Waals surface area contributed by atoms with Crippen molar-refractivity contribution in [2.45, 2.75) is 76.3 Å². The first-order chi connectivity index (χ1) is 14.8. The summed E-state index contributed by atoms with van der Waals surface area (Å²) in [5.41, 5.74) is 0.982. The molecule has 0 aromatic heterocycles. The first-order valence-electron chi connectivity index (χ1n) is 10.7. The summed E-state index contributed by atoms with van der Waals surface area (Å²) in [6, 6.07) is 6.80. The topological polar surface area (TPSA) is 126 Å². The maximum absolute atomic E-state index is 12.2. The van der Waals surface area contributed by atoms with Gasteiger partial charge in [0, 0.05) is 12.3 Å². The van der Waals surface area contributed by atoms with E-state index < -0.39 is 23.3 Å². The lowest BCUT2D eigenvalue weighted by atomic mass is 9.81. The number of benzene rings is 1. The van der Waals surface area contributed by atoms with E-state index in [1.54, 1.807) is 12.1 Å². The van der Waals surface area contributed by atoms with Crippen LogP contribution in [0.3, 0.4) is 0 Å². The summed E-state index contributed by atoms with van der Waals surface area (Å²) in [6.45, 7) is 2.09. The second-order valence-corrected chi connectivity index (χ2v) is 7.95. The van der Waals surface area contributed by atoms with Crippen LogP contribution in [0.4, 0.5) is 0 Å². The maximum Gasteiger partial charge on any atom is 0.436 e. The Morgan fingerprint density at radius 1 is 1.13 bits per heavy atom. The van der Waals surface area contributed by atoms with Crippen molar-refractivity contribution in [1.29, 1.82) is 0 Å². The van der Waals surface area contributed by atoms with Crippen molar-refractivity contribution in [2.24, 2.45) is 0 Å². The number of aliphatic hydroxyl groups excluding tert-OH is 3. The lowest BCUT2D eigenvalue weighted by molar-refractivity contribution is -0.288. The predicted octanol–water partition coefficient (Wildman–Crippen LogP) is 4.62. The number of hydrogen-bond acceptors (Lipinski definition) is 8. The van der Waals surface area contributed by atoms with Crippen LogP contribution >= 0.6 is 0 Å². The molecule has 31 heavy (non-hydrogen) atoms. The average Bonchev–Trinajstić information content (AvgIpc) is 2.77. The third-order valence-electron chi connectivity index (χ3n) is 5.63. The molecule has 3 rings (SSSR count). The molecule has 0 bridgehead atoms. The van der Waals surface area contributed by atoms with Crippen LogP contribution in [0.2, 0.25) is 0 Å². The summed E-state index contributed by atoms with van der Waals surface area (Å²) in [7, 11) is 0. The summed E-state index contributed by atoms with van der Waals surface area (Å²) in [5, 5.41) is 39.1. The zero-order valence-corrected chi connectivity index (χ0v) is 17.6. The van der Waals surface area contributed by atoms with Gasteiger partial charge in [0.15, 0.2) is 5.76 Å². The Morgan fingerprint density at radius 2 is 1.84 bits per heavy atom. The minimum absolute atomic E-state index is 0.0733. The van der Waals surface area contributed by atoms with Crippen molar-refractivity contribution in [3.63, 3.8) is 0 Å². The van der Waals surface area contributed by atoms with Gasteiger partial charge in [-0.25, -0.2) is 0 Å². The molecule has 0 saturated heterocycles. The minimum Gasteiger partial charge on any atom is -0.502 e. The summed E-state index contributed by atoms with van der Waals surface area (Å²) < 4.78 is 15.9. The third-order valence-corrected chi connectivity index (χ3v) is 5.63. The van der Waals surface area contributed by atoms with Gasteiger partial charge in [0.25, 0.3) is 5.76 Å². The molecular weight excluding hydrogens is 404 g/mol. The highest BCUT2D eigenvalue weighted by atomic mass is 16.8. The number of unbranched alkanes of at least 4 members (excludes halogenated alkanes) is 2. The highest BCUT2D eigenvalue weighted by molar-refractivity contribution is 5.69. The molecule has 1 aliphatic heterocycles. The molecular formula is C23H30O8. The molecule has 0 amide bonds. The van der Waals surface area contributed by atoms with Gasteiger partial charge in [-0.3, -0.25) is 4.79 Å². The molecule has 1 aromatic rings. The molecule has 1 saturated carbocycles. The number of ether oxygens (including phenoxy) is 3. The van der Waals surface area contributed by atoms with Crippen molar-refractivity contribution in [3.8, 4) is 5.75 Å². The van der Waals surface area contributed by atoms with Crippen LogP contribution in [0.5, 0.6) is 5.75 Å². The molecule has 1 aliphatic carbocycles. The van der Waals surface area contributed by atoms with Crippen LogP contribution in [-0.4, -0.2) is 38.5 Å². The molecule has 0 radical (unpaired) electrons. The SMILES string of the molecule is CCCCCC(=O)OC1CCCCC1c1ccc(OC2(O)OC=C(O)C(O)=C2O)cc1. The second kappa shape index (κ2) is 9.96. The molecule has 3 unspecified atom stereocenters. The van der Waals surface area contributed by atoms with Crippen molar-refractivity contribution < 1.29 is 39.4 Å². The Balaban J connectivity index is 1.66. The van der Waals surface area contributed by atoms with Gasteiger partial charge in [0.1, 0.15) is 18.1 Å². The van der Waals surface area contributed by atoms with Crippen LogP contribution in [0.1, 0.15) is 69.8 Å². The highest BCUT2D eigenvalue weighted by Crippen LogP contribution is 2.37. The van der Waals surface area contributed by atoms with Gasteiger partial charge < -0.3 is 34.6 Å². The Bertz CT molecular complexity index is 828. The summed E-state index contributed by atoms with van der Waals surface area (Å²) in [5.74, 6) is -5.28.